The van der Waals surface area contributed by atoms with Crippen LogP contribution in [0, 0.1) is 5.82 Å². The second-order valence-corrected chi connectivity index (χ2v) is 4.29. The van der Waals surface area contributed by atoms with Gasteiger partial charge in [0.15, 0.2) is 0 Å². The highest BCUT2D eigenvalue weighted by Crippen LogP contribution is 2.17. The third-order valence-electron chi connectivity index (χ3n) is 2.82. The van der Waals surface area contributed by atoms with Gasteiger partial charge in [-0.25, -0.2) is 4.39 Å². The Morgan fingerprint density at radius 3 is 2.79 bits per heavy atom. The number of aromatic nitrogens is 1. The van der Waals surface area contributed by atoms with E-state index >= 15 is 0 Å². The van der Waals surface area contributed by atoms with Crippen molar-refractivity contribution in [2.75, 3.05) is 13.6 Å². The molecule has 0 spiro atoms. The molecule has 0 bridgehead atoms. The van der Waals surface area contributed by atoms with E-state index in [2.05, 4.69) is 4.98 Å². The lowest BCUT2D eigenvalue weighted by Gasteiger charge is -2.14. The van der Waals surface area contributed by atoms with Gasteiger partial charge in [0.1, 0.15) is 11.5 Å². The van der Waals surface area contributed by atoms with Gasteiger partial charge in [-0.15, -0.1) is 0 Å². The zero-order valence-corrected chi connectivity index (χ0v) is 10.3. The number of H-pyrrole nitrogens is 1. The molecule has 0 saturated heterocycles. The van der Waals surface area contributed by atoms with E-state index in [9.17, 15) is 14.0 Å². The highest BCUT2D eigenvalue weighted by atomic mass is 19.1. The number of amides is 1. The second kappa shape index (κ2) is 5.09. The van der Waals surface area contributed by atoms with Crippen molar-refractivity contribution in [2.45, 2.75) is 6.42 Å². The predicted octanol–water partition coefficient (Wildman–Crippen LogP) is 1.85. The fraction of sp³-hybridized carbons (Fsp3) is 0.231. The average Bonchev–Trinajstić information content (AvgIpc) is 2.77. The number of carboxylic acids is 1. The van der Waals surface area contributed by atoms with Crippen molar-refractivity contribution in [3.8, 4) is 0 Å². The SMILES string of the molecule is CN(CCC(=O)O)C(=O)c1cc2cc(F)ccc2[nH]1. The summed E-state index contributed by atoms with van der Waals surface area (Å²) in [6.45, 7) is 0.123. The number of fused-ring (bicyclic) bond motifs is 1. The van der Waals surface area contributed by atoms with Gasteiger partial charge in [0.2, 0.25) is 0 Å². The van der Waals surface area contributed by atoms with Crippen molar-refractivity contribution in [3.63, 3.8) is 0 Å². The molecular formula is C13H13FN2O3. The van der Waals surface area contributed by atoms with E-state index in [1.54, 1.807) is 12.1 Å². The maximum atomic E-state index is 13.0. The Kier molecular flexibility index (Phi) is 3.50. The number of benzene rings is 1. The van der Waals surface area contributed by atoms with Gasteiger partial charge in [-0.3, -0.25) is 9.59 Å². The Balaban J connectivity index is 2.19. The molecule has 1 aromatic carbocycles. The molecule has 0 aliphatic heterocycles. The standard InChI is InChI=1S/C13H13FN2O3/c1-16(5-4-12(17)18)13(19)11-7-8-6-9(14)2-3-10(8)15-11/h2-3,6-7,15H,4-5H2,1H3,(H,17,18). The fourth-order valence-corrected chi connectivity index (χ4v) is 1.79. The van der Waals surface area contributed by atoms with Gasteiger partial charge in [0.25, 0.3) is 5.91 Å². The number of nitrogens with zero attached hydrogens (tertiary/aromatic N) is 1. The minimum absolute atomic E-state index is 0.114. The van der Waals surface area contributed by atoms with Crippen molar-refractivity contribution in [3.05, 3.63) is 35.8 Å². The molecule has 1 heterocycles. The lowest BCUT2D eigenvalue weighted by atomic mass is 10.2. The van der Waals surface area contributed by atoms with Crippen LogP contribution in [0.4, 0.5) is 4.39 Å². The largest absolute Gasteiger partial charge is 0.481 e. The first-order chi connectivity index (χ1) is 8.97. The van der Waals surface area contributed by atoms with Crippen molar-refractivity contribution in [1.29, 1.82) is 0 Å². The Labute approximate surface area is 108 Å². The fourth-order valence-electron chi connectivity index (χ4n) is 1.79. The second-order valence-electron chi connectivity index (χ2n) is 4.29. The number of hydrogen-bond donors (Lipinski definition) is 2. The maximum absolute atomic E-state index is 13.0. The van der Waals surface area contributed by atoms with Crippen LogP contribution in [0.15, 0.2) is 24.3 Å². The van der Waals surface area contributed by atoms with Crippen LogP contribution in [-0.4, -0.2) is 40.5 Å². The Morgan fingerprint density at radius 1 is 1.37 bits per heavy atom. The Bertz CT molecular complexity index is 636. The number of carbonyl (C=O) groups is 2. The number of rotatable bonds is 4. The summed E-state index contributed by atoms with van der Waals surface area (Å²) in [5, 5.41) is 9.18. The summed E-state index contributed by atoms with van der Waals surface area (Å²) in [7, 11) is 1.53. The summed E-state index contributed by atoms with van der Waals surface area (Å²) in [5.41, 5.74) is 0.977. The Hall–Kier alpha value is -2.37. The molecule has 100 valence electrons. The van der Waals surface area contributed by atoms with Gasteiger partial charge >= 0.3 is 5.97 Å². The minimum atomic E-state index is -0.960. The van der Waals surface area contributed by atoms with E-state index < -0.39 is 5.97 Å². The van der Waals surface area contributed by atoms with E-state index in [4.69, 9.17) is 5.11 Å². The molecule has 1 aromatic heterocycles. The van der Waals surface area contributed by atoms with Crippen LogP contribution in [0.5, 0.6) is 0 Å². The summed E-state index contributed by atoms with van der Waals surface area (Å²) < 4.78 is 13.0. The van der Waals surface area contributed by atoms with E-state index in [0.29, 0.717) is 16.6 Å². The highest BCUT2D eigenvalue weighted by Gasteiger charge is 2.15. The van der Waals surface area contributed by atoms with Gasteiger partial charge < -0.3 is 15.0 Å². The number of carboxylic acid groups (broad SMARTS) is 1. The highest BCUT2D eigenvalue weighted by molar-refractivity contribution is 5.98. The van der Waals surface area contributed by atoms with Crippen LogP contribution >= 0.6 is 0 Å². The van der Waals surface area contributed by atoms with Crippen LogP contribution in [0.25, 0.3) is 10.9 Å². The minimum Gasteiger partial charge on any atom is -0.481 e. The molecule has 0 aliphatic rings. The number of hydrogen-bond acceptors (Lipinski definition) is 2. The van der Waals surface area contributed by atoms with Crippen LogP contribution in [0.1, 0.15) is 16.9 Å². The van der Waals surface area contributed by atoms with Gasteiger partial charge in [0.05, 0.1) is 6.42 Å². The topological polar surface area (TPSA) is 73.4 Å². The first-order valence-corrected chi connectivity index (χ1v) is 5.73. The monoisotopic (exact) mass is 264 g/mol. The average molecular weight is 264 g/mol. The summed E-state index contributed by atoms with van der Waals surface area (Å²) in [6.07, 6.45) is -0.114. The molecule has 19 heavy (non-hydrogen) atoms. The molecule has 0 radical (unpaired) electrons. The number of nitrogens with one attached hydrogen (secondary N) is 1. The van der Waals surface area contributed by atoms with E-state index in [-0.39, 0.29) is 24.7 Å². The molecular weight excluding hydrogens is 251 g/mol. The van der Waals surface area contributed by atoms with Crippen LogP contribution in [0.2, 0.25) is 0 Å². The third-order valence-corrected chi connectivity index (χ3v) is 2.82. The lowest BCUT2D eigenvalue weighted by Crippen LogP contribution is -2.29. The molecule has 0 unspecified atom stereocenters. The first kappa shape index (κ1) is 13.1. The van der Waals surface area contributed by atoms with E-state index in [1.807, 2.05) is 0 Å². The maximum Gasteiger partial charge on any atom is 0.305 e. The van der Waals surface area contributed by atoms with Gasteiger partial charge in [-0.05, 0) is 24.3 Å². The predicted molar refractivity (Wildman–Crippen MR) is 67.5 cm³/mol. The molecule has 0 saturated carbocycles. The van der Waals surface area contributed by atoms with E-state index in [0.717, 1.165) is 0 Å². The molecule has 0 atom stereocenters. The van der Waals surface area contributed by atoms with Crippen LogP contribution in [0.3, 0.4) is 0 Å². The quantitative estimate of drug-likeness (QED) is 0.885. The molecule has 6 heteroatoms. The summed E-state index contributed by atoms with van der Waals surface area (Å²) in [6, 6.07) is 5.75. The molecule has 2 aromatic rings. The zero-order chi connectivity index (χ0) is 14.0. The molecule has 5 nitrogen and oxygen atoms in total. The zero-order valence-electron chi connectivity index (χ0n) is 10.3. The normalized spacial score (nSPS) is 10.6. The van der Waals surface area contributed by atoms with Crippen LogP contribution < -0.4 is 0 Å². The lowest BCUT2D eigenvalue weighted by molar-refractivity contribution is -0.137. The van der Waals surface area contributed by atoms with Crippen molar-refractivity contribution in [1.82, 2.24) is 9.88 Å². The number of halogens is 1. The molecule has 1 amide bonds. The molecule has 2 rings (SSSR count). The summed E-state index contributed by atoms with van der Waals surface area (Å²) in [5.74, 6) is -1.65. The van der Waals surface area contributed by atoms with Gasteiger partial charge in [-0.2, -0.15) is 0 Å². The number of aliphatic carboxylic acids is 1. The van der Waals surface area contributed by atoms with Gasteiger partial charge in [-0.1, -0.05) is 0 Å². The van der Waals surface area contributed by atoms with E-state index in [1.165, 1.54) is 24.1 Å². The molecule has 2 N–H and O–H groups in total. The Morgan fingerprint density at radius 2 is 2.11 bits per heavy atom. The smallest absolute Gasteiger partial charge is 0.305 e. The summed E-state index contributed by atoms with van der Waals surface area (Å²) in [4.78, 5) is 26.7. The number of carbonyl (C=O) groups excluding carboxylic acids is 1. The first-order valence-electron chi connectivity index (χ1n) is 5.73. The summed E-state index contributed by atoms with van der Waals surface area (Å²) >= 11 is 0. The third kappa shape index (κ3) is 2.90. The van der Waals surface area contributed by atoms with Crippen molar-refractivity contribution in [2.24, 2.45) is 0 Å². The molecule has 0 aliphatic carbocycles. The number of aromatic amines is 1. The van der Waals surface area contributed by atoms with Crippen LogP contribution in [-0.2, 0) is 4.79 Å². The van der Waals surface area contributed by atoms with Crippen molar-refractivity contribution < 1.29 is 19.1 Å². The molecule has 0 fully saturated rings. The van der Waals surface area contributed by atoms with Crippen molar-refractivity contribution >= 4 is 22.8 Å². The van der Waals surface area contributed by atoms with Gasteiger partial charge in [0, 0.05) is 24.5 Å².